The first-order valence-corrected chi connectivity index (χ1v) is 6.61. The molecule has 0 aromatic heterocycles. The lowest BCUT2D eigenvalue weighted by atomic mass is 9.95. The van der Waals surface area contributed by atoms with Crippen molar-refractivity contribution in [1.82, 2.24) is 5.32 Å². The zero-order chi connectivity index (χ0) is 13.6. The Kier molecular flexibility index (Phi) is 5.89. The second-order valence-electron chi connectivity index (χ2n) is 5.20. The summed E-state index contributed by atoms with van der Waals surface area (Å²) >= 11 is 5.90. The van der Waals surface area contributed by atoms with Crippen LogP contribution in [-0.2, 0) is 0 Å². The molecule has 0 fully saturated rings. The van der Waals surface area contributed by atoms with E-state index in [1.165, 1.54) is 12.1 Å². The van der Waals surface area contributed by atoms with Gasteiger partial charge in [0, 0.05) is 12.0 Å². The second kappa shape index (κ2) is 6.95. The van der Waals surface area contributed by atoms with Crippen LogP contribution in [-0.4, -0.2) is 19.7 Å². The molecule has 0 saturated carbocycles. The van der Waals surface area contributed by atoms with E-state index in [1.807, 2.05) is 0 Å². The molecular formula is C14H21ClFNO. The van der Waals surface area contributed by atoms with Crippen molar-refractivity contribution in [1.29, 1.82) is 0 Å². The van der Waals surface area contributed by atoms with Gasteiger partial charge in [0.2, 0.25) is 0 Å². The average molecular weight is 274 g/mol. The Labute approximate surface area is 113 Å². The Balaban J connectivity index is 2.48. The number of hydrogen-bond acceptors (Lipinski definition) is 2. The van der Waals surface area contributed by atoms with Gasteiger partial charge >= 0.3 is 0 Å². The minimum absolute atomic E-state index is 0.00683. The highest BCUT2D eigenvalue weighted by atomic mass is 35.5. The fraction of sp³-hybridized carbons (Fsp3) is 0.571. The van der Waals surface area contributed by atoms with Crippen molar-refractivity contribution in [3.63, 3.8) is 0 Å². The lowest BCUT2D eigenvalue weighted by Gasteiger charge is -2.25. The number of rotatable bonds is 7. The fourth-order valence-corrected chi connectivity index (χ4v) is 1.74. The predicted octanol–water partition coefficient (Wildman–Crippen LogP) is 3.88. The standard InChI is InChI=1S/C14H21ClFNO/c1-4-7-17-9-14(2,3)10-18-13-6-5-11(16)8-12(13)15/h5-6,8,17H,4,7,9-10H2,1-3H3. The van der Waals surface area contributed by atoms with E-state index in [0.29, 0.717) is 17.4 Å². The van der Waals surface area contributed by atoms with E-state index >= 15 is 0 Å². The Bertz CT molecular complexity index is 382. The van der Waals surface area contributed by atoms with Gasteiger partial charge in [-0.1, -0.05) is 32.4 Å². The summed E-state index contributed by atoms with van der Waals surface area (Å²) in [6.07, 6.45) is 1.11. The molecular weight excluding hydrogens is 253 g/mol. The third kappa shape index (κ3) is 5.23. The molecule has 0 bridgehead atoms. The molecule has 1 rings (SSSR count). The van der Waals surface area contributed by atoms with Crippen molar-refractivity contribution in [3.05, 3.63) is 29.0 Å². The molecule has 18 heavy (non-hydrogen) atoms. The van der Waals surface area contributed by atoms with Gasteiger partial charge in [0.05, 0.1) is 11.6 Å². The molecule has 4 heteroatoms. The van der Waals surface area contributed by atoms with Crippen LogP contribution >= 0.6 is 11.6 Å². The SMILES string of the molecule is CCCNCC(C)(C)COc1ccc(F)cc1Cl. The van der Waals surface area contributed by atoms with Crippen molar-refractivity contribution in [2.75, 3.05) is 19.7 Å². The van der Waals surface area contributed by atoms with Crippen LogP contribution in [0, 0.1) is 11.2 Å². The van der Waals surface area contributed by atoms with E-state index in [9.17, 15) is 4.39 Å². The number of halogens is 2. The van der Waals surface area contributed by atoms with Crippen LogP contribution in [0.15, 0.2) is 18.2 Å². The summed E-state index contributed by atoms with van der Waals surface area (Å²) in [6, 6.07) is 4.18. The van der Waals surface area contributed by atoms with Crippen LogP contribution in [0.5, 0.6) is 5.75 Å². The molecule has 0 aliphatic heterocycles. The largest absolute Gasteiger partial charge is 0.491 e. The molecule has 0 aliphatic rings. The van der Waals surface area contributed by atoms with Crippen molar-refractivity contribution in [2.45, 2.75) is 27.2 Å². The van der Waals surface area contributed by atoms with E-state index < -0.39 is 0 Å². The molecule has 0 heterocycles. The van der Waals surface area contributed by atoms with Gasteiger partial charge in [-0.25, -0.2) is 4.39 Å². The quantitative estimate of drug-likeness (QED) is 0.761. The molecule has 0 atom stereocenters. The van der Waals surface area contributed by atoms with Crippen LogP contribution in [0.2, 0.25) is 5.02 Å². The molecule has 102 valence electrons. The zero-order valence-electron chi connectivity index (χ0n) is 11.2. The Morgan fingerprint density at radius 2 is 2.11 bits per heavy atom. The molecule has 0 radical (unpaired) electrons. The number of nitrogens with one attached hydrogen (secondary N) is 1. The van der Waals surface area contributed by atoms with Gasteiger partial charge in [-0.2, -0.15) is 0 Å². The molecule has 0 unspecified atom stereocenters. The topological polar surface area (TPSA) is 21.3 Å². The molecule has 1 N–H and O–H groups in total. The van der Waals surface area contributed by atoms with E-state index in [0.717, 1.165) is 19.5 Å². The normalized spacial score (nSPS) is 11.6. The number of hydrogen-bond donors (Lipinski definition) is 1. The maximum absolute atomic E-state index is 12.9. The van der Waals surface area contributed by atoms with Crippen molar-refractivity contribution < 1.29 is 9.13 Å². The minimum atomic E-state index is -0.351. The van der Waals surface area contributed by atoms with Gasteiger partial charge in [0.15, 0.2) is 0 Å². The molecule has 0 aliphatic carbocycles. The summed E-state index contributed by atoms with van der Waals surface area (Å²) in [6.45, 7) is 8.78. The third-order valence-electron chi connectivity index (χ3n) is 2.54. The summed E-state index contributed by atoms with van der Waals surface area (Å²) in [4.78, 5) is 0. The van der Waals surface area contributed by atoms with Gasteiger partial charge in [-0.05, 0) is 31.2 Å². The summed E-state index contributed by atoms with van der Waals surface area (Å²) in [5.41, 5.74) is 0.00683. The highest BCUT2D eigenvalue weighted by Crippen LogP contribution is 2.26. The maximum Gasteiger partial charge on any atom is 0.138 e. The van der Waals surface area contributed by atoms with Gasteiger partial charge in [-0.3, -0.25) is 0 Å². The molecule has 1 aromatic rings. The lowest BCUT2D eigenvalue weighted by molar-refractivity contribution is 0.176. The Morgan fingerprint density at radius 3 is 2.72 bits per heavy atom. The highest BCUT2D eigenvalue weighted by Gasteiger charge is 2.19. The summed E-state index contributed by atoms with van der Waals surface area (Å²) in [5, 5.41) is 3.67. The molecule has 2 nitrogen and oxygen atoms in total. The van der Waals surface area contributed by atoms with E-state index in [-0.39, 0.29) is 11.2 Å². The average Bonchev–Trinajstić information content (AvgIpc) is 2.28. The van der Waals surface area contributed by atoms with Gasteiger partial charge in [-0.15, -0.1) is 0 Å². The smallest absolute Gasteiger partial charge is 0.138 e. The summed E-state index contributed by atoms with van der Waals surface area (Å²) < 4.78 is 18.5. The van der Waals surface area contributed by atoms with Crippen LogP contribution < -0.4 is 10.1 Å². The summed E-state index contributed by atoms with van der Waals surface area (Å²) in [7, 11) is 0. The highest BCUT2D eigenvalue weighted by molar-refractivity contribution is 6.32. The Morgan fingerprint density at radius 1 is 1.39 bits per heavy atom. The van der Waals surface area contributed by atoms with Crippen molar-refractivity contribution >= 4 is 11.6 Å². The van der Waals surface area contributed by atoms with Crippen LogP contribution in [0.1, 0.15) is 27.2 Å². The Hall–Kier alpha value is -0.800. The molecule has 1 aromatic carbocycles. The van der Waals surface area contributed by atoms with Crippen LogP contribution in [0.3, 0.4) is 0 Å². The van der Waals surface area contributed by atoms with E-state index in [1.54, 1.807) is 6.07 Å². The first-order valence-electron chi connectivity index (χ1n) is 6.23. The van der Waals surface area contributed by atoms with E-state index in [2.05, 4.69) is 26.1 Å². The van der Waals surface area contributed by atoms with Crippen LogP contribution in [0.4, 0.5) is 4.39 Å². The third-order valence-corrected chi connectivity index (χ3v) is 2.84. The number of benzene rings is 1. The first kappa shape index (κ1) is 15.3. The molecule has 0 amide bonds. The van der Waals surface area contributed by atoms with Gasteiger partial charge in [0.1, 0.15) is 11.6 Å². The molecule has 0 spiro atoms. The van der Waals surface area contributed by atoms with Crippen LogP contribution in [0.25, 0.3) is 0 Å². The monoisotopic (exact) mass is 273 g/mol. The van der Waals surface area contributed by atoms with Gasteiger partial charge in [0.25, 0.3) is 0 Å². The molecule has 0 saturated heterocycles. The minimum Gasteiger partial charge on any atom is -0.491 e. The summed E-state index contributed by atoms with van der Waals surface area (Å²) in [5.74, 6) is 0.179. The first-order chi connectivity index (χ1) is 8.44. The second-order valence-corrected chi connectivity index (χ2v) is 5.61. The zero-order valence-corrected chi connectivity index (χ0v) is 12.0. The maximum atomic E-state index is 12.9. The van der Waals surface area contributed by atoms with Crippen molar-refractivity contribution in [3.8, 4) is 5.75 Å². The number of ether oxygens (including phenoxy) is 1. The predicted molar refractivity (Wildman–Crippen MR) is 73.8 cm³/mol. The lowest BCUT2D eigenvalue weighted by Crippen LogP contribution is -2.34. The van der Waals surface area contributed by atoms with Crippen molar-refractivity contribution in [2.24, 2.45) is 5.41 Å². The van der Waals surface area contributed by atoms with Gasteiger partial charge < -0.3 is 10.1 Å². The fourth-order valence-electron chi connectivity index (χ4n) is 1.52. The van der Waals surface area contributed by atoms with E-state index in [4.69, 9.17) is 16.3 Å².